The van der Waals surface area contributed by atoms with Crippen molar-refractivity contribution in [1.29, 1.82) is 0 Å². The molecule has 0 unspecified atom stereocenters. The van der Waals surface area contributed by atoms with Crippen molar-refractivity contribution in [2.75, 3.05) is 13.7 Å². The molecule has 0 amide bonds. The van der Waals surface area contributed by atoms with Crippen LogP contribution in [0.25, 0.3) is 0 Å². The third-order valence-corrected chi connectivity index (χ3v) is 2.84. The smallest absolute Gasteiger partial charge is 0.245 e. The lowest BCUT2D eigenvalue weighted by molar-refractivity contribution is -0.188. The molecule has 0 atom stereocenters. The molecule has 0 saturated heterocycles. The molecule has 0 aliphatic carbocycles. The molecule has 0 fully saturated rings. The lowest BCUT2D eigenvalue weighted by Gasteiger charge is -2.21. The van der Waals surface area contributed by atoms with Gasteiger partial charge in [-0.25, -0.2) is 0 Å². The van der Waals surface area contributed by atoms with Gasteiger partial charge < -0.3 is 18.9 Å². The minimum absolute atomic E-state index is 0.283. The second-order valence-electron chi connectivity index (χ2n) is 5.48. The summed E-state index contributed by atoms with van der Waals surface area (Å²) in [5.74, 6) is 11.8. The molecular weight excluding hydrogens is 268 g/mol. The lowest BCUT2D eigenvalue weighted by Crippen LogP contribution is -2.26. The van der Waals surface area contributed by atoms with Crippen molar-refractivity contribution >= 4 is 0 Å². The van der Waals surface area contributed by atoms with Gasteiger partial charge in [-0.1, -0.05) is 18.8 Å². The van der Waals surface area contributed by atoms with Crippen molar-refractivity contribution in [3.05, 3.63) is 11.5 Å². The number of hydrogen-bond acceptors (Lipinski definition) is 4. The van der Waals surface area contributed by atoms with Gasteiger partial charge in [-0.15, -0.1) is 0 Å². The van der Waals surface area contributed by atoms with E-state index in [9.17, 15) is 0 Å². The van der Waals surface area contributed by atoms with Gasteiger partial charge in [0.05, 0.1) is 6.42 Å². The van der Waals surface area contributed by atoms with Crippen LogP contribution < -0.4 is 0 Å². The summed E-state index contributed by atoms with van der Waals surface area (Å²) < 4.78 is 21.9. The Morgan fingerprint density at radius 2 is 1.71 bits per heavy atom. The molecule has 0 N–H and O–H groups in total. The Kier molecular flexibility index (Phi) is 6.15. The van der Waals surface area contributed by atoms with Crippen LogP contribution in [0.3, 0.4) is 0 Å². The Hall–Kier alpha value is -1.62. The van der Waals surface area contributed by atoms with Gasteiger partial charge in [0.2, 0.25) is 5.79 Å². The van der Waals surface area contributed by atoms with Crippen LogP contribution in [0.1, 0.15) is 47.5 Å². The topological polar surface area (TPSA) is 36.9 Å². The molecular formula is C17H24O4. The highest BCUT2D eigenvalue weighted by atomic mass is 16.7. The molecule has 0 aromatic heterocycles. The zero-order valence-corrected chi connectivity index (χ0v) is 13.8. The Morgan fingerprint density at radius 1 is 1.10 bits per heavy atom. The van der Waals surface area contributed by atoms with Crippen molar-refractivity contribution in [3.8, 4) is 23.7 Å². The molecule has 116 valence electrons. The van der Waals surface area contributed by atoms with E-state index in [1.54, 1.807) is 7.11 Å². The van der Waals surface area contributed by atoms with Gasteiger partial charge in [0.1, 0.15) is 12.4 Å². The number of rotatable bonds is 5. The summed E-state index contributed by atoms with van der Waals surface area (Å²) in [6.45, 7) is 9.75. The summed E-state index contributed by atoms with van der Waals surface area (Å²) in [5, 5.41) is 0. The summed E-state index contributed by atoms with van der Waals surface area (Å²) in [6.07, 6.45) is 1.30. The summed E-state index contributed by atoms with van der Waals surface area (Å²) in [5.41, 5.74) is 0. The standard InChI is InChI=1S/C17H24O4/c1-7-14-15(21-17(4,5)20-14)12-10-8-9-11-13-19-16(2,3)18-6/h7,12-13H2,1-6H3. The molecule has 1 heterocycles. The predicted octanol–water partition coefficient (Wildman–Crippen LogP) is 3.19. The van der Waals surface area contributed by atoms with Crippen molar-refractivity contribution in [3.63, 3.8) is 0 Å². The fraction of sp³-hybridized carbons (Fsp3) is 0.647. The van der Waals surface area contributed by atoms with Gasteiger partial charge in [-0.05, 0) is 25.7 Å². The van der Waals surface area contributed by atoms with Crippen LogP contribution in [0.5, 0.6) is 0 Å². The van der Waals surface area contributed by atoms with Crippen LogP contribution in [0, 0.1) is 23.7 Å². The highest BCUT2D eigenvalue weighted by Gasteiger charge is 2.32. The fourth-order valence-corrected chi connectivity index (χ4v) is 1.65. The van der Waals surface area contributed by atoms with Gasteiger partial charge in [0.25, 0.3) is 0 Å². The molecule has 0 aromatic carbocycles. The Labute approximate surface area is 127 Å². The average molecular weight is 292 g/mol. The SMILES string of the molecule is CCC1=C(CC#CC#CCOC(C)(C)OC)OC(C)(C)O1. The van der Waals surface area contributed by atoms with E-state index in [-0.39, 0.29) is 6.61 Å². The van der Waals surface area contributed by atoms with Crippen molar-refractivity contribution in [2.24, 2.45) is 0 Å². The Morgan fingerprint density at radius 3 is 2.33 bits per heavy atom. The molecule has 4 heteroatoms. The number of methoxy groups -OCH3 is 1. The predicted molar refractivity (Wildman–Crippen MR) is 80.8 cm³/mol. The molecule has 0 radical (unpaired) electrons. The second kappa shape index (κ2) is 7.41. The summed E-state index contributed by atoms with van der Waals surface area (Å²) in [7, 11) is 1.59. The first-order valence-electron chi connectivity index (χ1n) is 7.04. The molecule has 1 rings (SSSR count). The van der Waals surface area contributed by atoms with Crippen LogP contribution in [-0.2, 0) is 18.9 Å². The summed E-state index contributed by atoms with van der Waals surface area (Å²) in [6, 6.07) is 0. The molecule has 4 nitrogen and oxygen atoms in total. The monoisotopic (exact) mass is 292 g/mol. The zero-order chi connectivity index (χ0) is 15.9. The number of ether oxygens (including phenoxy) is 4. The van der Waals surface area contributed by atoms with E-state index in [1.165, 1.54) is 0 Å². The van der Waals surface area contributed by atoms with Gasteiger partial charge in [-0.3, -0.25) is 0 Å². The maximum Gasteiger partial charge on any atom is 0.245 e. The molecule has 1 aliphatic rings. The molecule has 0 bridgehead atoms. The van der Waals surface area contributed by atoms with E-state index in [0.717, 1.165) is 17.9 Å². The normalized spacial score (nSPS) is 16.3. The van der Waals surface area contributed by atoms with Gasteiger partial charge in [0, 0.05) is 27.4 Å². The summed E-state index contributed by atoms with van der Waals surface area (Å²) >= 11 is 0. The molecule has 0 aromatic rings. The van der Waals surface area contributed by atoms with E-state index >= 15 is 0 Å². The molecule has 1 aliphatic heterocycles. The third kappa shape index (κ3) is 6.12. The third-order valence-electron chi connectivity index (χ3n) is 2.84. The second-order valence-corrected chi connectivity index (χ2v) is 5.48. The fourth-order valence-electron chi connectivity index (χ4n) is 1.65. The van der Waals surface area contributed by atoms with Crippen LogP contribution in [-0.4, -0.2) is 25.3 Å². The van der Waals surface area contributed by atoms with Crippen molar-refractivity contribution < 1.29 is 18.9 Å². The molecule has 0 saturated carbocycles. The van der Waals surface area contributed by atoms with Crippen molar-refractivity contribution in [2.45, 2.75) is 59.0 Å². The Bertz CT molecular complexity index is 506. The van der Waals surface area contributed by atoms with E-state index in [4.69, 9.17) is 18.9 Å². The first kappa shape index (κ1) is 17.4. The quantitative estimate of drug-likeness (QED) is 0.576. The van der Waals surface area contributed by atoms with Crippen molar-refractivity contribution in [1.82, 2.24) is 0 Å². The largest absolute Gasteiger partial charge is 0.454 e. The maximum absolute atomic E-state index is 5.70. The maximum atomic E-state index is 5.70. The number of allylic oxidation sites excluding steroid dienone is 2. The Balaban J connectivity index is 2.44. The average Bonchev–Trinajstić information content (AvgIpc) is 2.72. The van der Waals surface area contributed by atoms with Gasteiger partial charge >= 0.3 is 0 Å². The first-order chi connectivity index (χ1) is 9.79. The van der Waals surface area contributed by atoms with E-state index < -0.39 is 11.6 Å². The minimum Gasteiger partial charge on any atom is -0.454 e. The van der Waals surface area contributed by atoms with Crippen LogP contribution in [0.15, 0.2) is 11.5 Å². The van der Waals surface area contributed by atoms with E-state index in [1.807, 2.05) is 34.6 Å². The zero-order valence-electron chi connectivity index (χ0n) is 13.8. The minimum atomic E-state index is -0.621. The van der Waals surface area contributed by atoms with E-state index in [0.29, 0.717) is 6.42 Å². The van der Waals surface area contributed by atoms with Gasteiger partial charge in [0.15, 0.2) is 11.5 Å². The lowest BCUT2D eigenvalue weighted by atomic mass is 10.2. The van der Waals surface area contributed by atoms with Crippen LogP contribution in [0.2, 0.25) is 0 Å². The summed E-state index contributed by atoms with van der Waals surface area (Å²) in [4.78, 5) is 0. The number of hydrogen-bond donors (Lipinski definition) is 0. The molecule has 0 spiro atoms. The highest BCUT2D eigenvalue weighted by molar-refractivity contribution is 5.28. The first-order valence-corrected chi connectivity index (χ1v) is 7.04. The molecule has 21 heavy (non-hydrogen) atoms. The van der Waals surface area contributed by atoms with Gasteiger partial charge in [-0.2, -0.15) is 0 Å². The van der Waals surface area contributed by atoms with Crippen LogP contribution in [0.4, 0.5) is 0 Å². The van der Waals surface area contributed by atoms with E-state index in [2.05, 4.69) is 23.7 Å². The van der Waals surface area contributed by atoms with Crippen LogP contribution >= 0.6 is 0 Å². The highest BCUT2D eigenvalue weighted by Crippen LogP contribution is 2.33.